The normalized spacial score (nSPS) is 9.25. The Bertz CT molecular complexity index is 586. The van der Waals surface area contributed by atoms with Crippen LogP contribution in [0, 0.1) is 0 Å². The third-order valence-electron chi connectivity index (χ3n) is 1.98. The van der Waals surface area contributed by atoms with Crippen LogP contribution in [-0.4, -0.2) is 21.3 Å². The van der Waals surface area contributed by atoms with E-state index in [1.807, 2.05) is 0 Å². The Kier molecular flexibility index (Phi) is 5.74. The van der Waals surface area contributed by atoms with Crippen molar-refractivity contribution in [1.29, 1.82) is 0 Å². The van der Waals surface area contributed by atoms with E-state index in [4.69, 9.17) is 0 Å². The van der Waals surface area contributed by atoms with Crippen molar-refractivity contribution in [3.8, 4) is 0 Å². The molecule has 0 saturated carbocycles. The molecule has 16 heavy (non-hydrogen) atoms. The summed E-state index contributed by atoms with van der Waals surface area (Å²) in [5, 5.41) is 0. The second-order valence-corrected chi connectivity index (χ2v) is 2.75. The standard InChI is InChI=1S/C7H8N4O2.CH3F.Y/c1-10-5-4(8-3-9-5)6(12)11(2)7(10)13;1-2;/h3H,1-2H3,(H,8,9,12);1H3;/p-1. The van der Waals surface area contributed by atoms with E-state index in [1.54, 1.807) is 7.05 Å². The van der Waals surface area contributed by atoms with Crippen LogP contribution in [0.4, 0.5) is 4.39 Å². The Hall–Kier alpha value is -0.816. The molecule has 2 heterocycles. The predicted molar refractivity (Wildman–Crippen MR) is 52.6 cm³/mol. The van der Waals surface area contributed by atoms with Crippen molar-refractivity contribution in [2.75, 3.05) is 7.18 Å². The zero-order chi connectivity index (χ0) is 11.6. The van der Waals surface area contributed by atoms with E-state index in [0.717, 1.165) is 4.57 Å². The molecule has 0 aliphatic rings. The first kappa shape index (κ1) is 15.2. The van der Waals surface area contributed by atoms with Gasteiger partial charge in [0.2, 0.25) is 0 Å². The van der Waals surface area contributed by atoms with E-state index in [1.165, 1.54) is 17.9 Å². The third-order valence-corrected chi connectivity index (χ3v) is 1.98. The van der Waals surface area contributed by atoms with Gasteiger partial charge >= 0.3 is 5.69 Å². The van der Waals surface area contributed by atoms with Crippen LogP contribution in [0.3, 0.4) is 0 Å². The zero-order valence-electron chi connectivity index (χ0n) is 9.14. The smallest absolute Gasteiger partial charge is 0.330 e. The summed E-state index contributed by atoms with van der Waals surface area (Å²) >= 11 is 0. The summed E-state index contributed by atoms with van der Waals surface area (Å²) in [6.45, 7) is 0. The number of hydrogen-bond donors (Lipinski definition) is 0. The molecule has 0 atom stereocenters. The maximum atomic E-state index is 11.4. The Morgan fingerprint density at radius 2 is 1.81 bits per heavy atom. The van der Waals surface area contributed by atoms with Gasteiger partial charge in [0.05, 0.1) is 7.18 Å². The zero-order valence-corrected chi connectivity index (χ0v) is 12.0. The van der Waals surface area contributed by atoms with E-state index >= 15 is 0 Å². The molecule has 2 rings (SSSR count). The van der Waals surface area contributed by atoms with Gasteiger partial charge in [-0.15, -0.1) is 0 Å². The summed E-state index contributed by atoms with van der Waals surface area (Å²) in [4.78, 5) is 30.4. The van der Waals surface area contributed by atoms with Crippen molar-refractivity contribution in [1.82, 2.24) is 19.1 Å². The molecule has 0 aromatic carbocycles. The van der Waals surface area contributed by atoms with E-state index in [9.17, 15) is 14.0 Å². The first-order chi connectivity index (χ1) is 7.13. The summed E-state index contributed by atoms with van der Waals surface area (Å²) in [6, 6.07) is 0. The molecule has 0 aliphatic heterocycles. The molecule has 2 aromatic heterocycles. The molecule has 0 amide bonds. The second-order valence-electron chi connectivity index (χ2n) is 2.75. The summed E-state index contributed by atoms with van der Waals surface area (Å²) in [7, 11) is 3.47. The molecule has 6 nitrogen and oxygen atoms in total. The molecule has 0 unspecified atom stereocenters. The maximum absolute atomic E-state index is 11.4. The van der Waals surface area contributed by atoms with Crippen LogP contribution in [0.1, 0.15) is 0 Å². The number of aromatic nitrogens is 4. The number of aryl methyl sites for hydroxylation is 1. The molecule has 2 aromatic rings. The van der Waals surface area contributed by atoms with Gasteiger partial charge in [-0.25, -0.2) is 4.79 Å². The van der Waals surface area contributed by atoms with Gasteiger partial charge < -0.3 is 9.97 Å². The monoisotopic (exact) mass is 302 g/mol. The Morgan fingerprint density at radius 1 is 1.25 bits per heavy atom. The van der Waals surface area contributed by atoms with Crippen LogP contribution >= 0.6 is 0 Å². The number of rotatable bonds is 0. The fourth-order valence-electron chi connectivity index (χ4n) is 1.22. The van der Waals surface area contributed by atoms with Crippen LogP contribution < -0.4 is 16.2 Å². The third kappa shape index (κ3) is 2.30. The van der Waals surface area contributed by atoms with Crippen LogP contribution in [0.15, 0.2) is 15.9 Å². The molecule has 8 heteroatoms. The van der Waals surface area contributed by atoms with Crippen molar-refractivity contribution < 1.29 is 37.1 Å². The van der Waals surface area contributed by atoms with Crippen molar-refractivity contribution in [3.05, 3.63) is 27.2 Å². The fourth-order valence-corrected chi connectivity index (χ4v) is 1.22. The summed E-state index contributed by atoms with van der Waals surface area (Å²) < 4.78 is 11.8. The largest absolute Gasteiger partial charge is 0.437 e. The van der Waals surface area contributed by atoms with Gasteiger partial charge in [0, 0.05) is 58.0 Å². The molecule has 1 radical (unpaired) electrons. The number of hydrogen-bond acceptors (Lipinski definition) is 3. The molecule has 85 valence electrons. The quantitative estimate of drug-likeness (QED) is 0.637. The molecule has 0 bridgehead atoms. The van der Waals surface area contributed by atoms with E-state index in [-0.39, 0.29) is 38.2 Å². The predicted octanol–water partition coefficient (Wildman–Crippen LogP) is -0.827. The number of halogens is 1. The van der Waals surface area contributed by atoms with Gasteiger partial charge in [0.1, 0.15) is 0 Å². The SMILES string of the molecule is CF.Cn1c(=O)c2[n-]cnc2n(C)c1=O.[Y]. The molecule has 0 N–H and O–H groups in total. The topological polar surface area (TPSA) is 71.0 Å². The van der Waals surface area contributed by atoms with Crippen molar-refractivity contribution in [2.24, 2.45) is 14.1 Å². The van der Waals surface area contributed by atoms with Crippen LogP contribution in [0.5, 0.6) is 0 Å². The van der Waals surface area contributed by atoms with Crippen molar-refractivity contribution >= 4 is 11.2 Å². The van der Waals surface area contributed by atoms with Crippen molar-refractivity contribution in [3.63, 3.8) is 0 Å². The summed E-state index contributed by atoms with van der Waals surface area (Å²) in [6.07, 6.45) is 1.27. The number of fused-ring (bicyclic) bond motifs is 1. The minimum Gasteiger partial charge on any atom is -0.437 e. The Labute approximate surface area is 115 Å². The molecular formula is C8H10FN4O2Y-. The van der Waals surface area contributed by atoms with Gasteiger partial charge in [0.15, 0.2) is 0 Å². The summed E-state index contributed by atoms with van der Waals surface area (Å²) in [5.41, 5.74) is -0.244. The van der Waals surface area contributed by atoms with E-state index < -0.39 is 11.2 Å². The molecule has 0 saturated heterocycles. The second kappa shape index (κ2) is 6.05. The first-order valence-corrected chi connectivity index (χ1v) is 4.04. The Morgan fingerprint density at radius 3 is 2.38 bits per heavy atom. The molecular weight excluding hydrogens is 292 g/mol. The number of alkyl halides is 1. The van der Waals surface area contributed by atoms with Crippen LogP contribution in [0.25, 0.3) is 11.2 Å². The molecule has 0 fully saturated rings. The van der Waals surface area contributed by atoms with Crippen LogP contribution in [0.2, 0.25) is 0 Å². The Balaban J connectivity index is 0.000000711. The number of nitrogens with zero attached hydrogens (tertiary/aromatic N) is 4. The minimum absolute atomic E-state index is 0. The van der Waals surface area contributed by atoms with Crippen LogP contribution in [-0.2, 0) is 46.8 Å². The van der Waals surface area contributed by atoms with Gasteiger partial charge in [0.25, 0.3) is 5.56 Å². The average Bonchev–Trinajstić information content (AvgIpc) is 2.75. The minimum atomic E-state index is -0.407. The average molecular weight is 302 g/mol. The maximum Gasteiger partial charge on any atom is 0.330 e. The fraction of sp³-hybridized carbons (Fsp3) is 0.375. The van der Waals surface area contributed by atoms with Crippen molar-refractivity contribution in [2.45, 2.75) is 0 Å². The van der Waals surface area contributed by atoms with Gasteiger partial charge in [-0.1, -0.05) is 6.33 Å². The first-order valence-electron chi connectivity index (χ1n) is 4.04. The summed E-state index contributed by atoms with van der Waals surface area (Å²) in [5.74, 6) is 0. The van der Waals surface area contributed by atoms with Gasteiger partial charge in [-0.05, 0) is 0 Å². The van der Waals surface area contributed by atoms with Gasteiger partial charge in [-0.2, -0.15) is 0 Å². The van der Waals surface area contributed by atoms with Gasteiger partial charge in [-0.3, -0.25) is 18.3 Å². The molecule has 0 aliphatic carbocycles. The number of imidazole rings is 1. The van der Waals surface area contributed by atoms with E-state index in [2.05, 4.69) is 9.97 Å². The van der Waals surface area contributed by atoms with E-state index in [0.29, 0.717) is 12.8 Å². The molecule has 0 spiro atoms.